The summed E-state index contributed by atoms with van der Waals surface area (Å²) >= 11 is 0. The molecule has 0 bridgehead atoms. The van der Waals surface area contributed by atoms with Gasteiger partial charge in [-0.1, -0.05) is 58.0 Å². The first-order chi connectivity index (χ1) is 25.3. The van der Waals surface area contributed by atoms with Crippen LogP contribution in [-0.4, -0.2) is 55.2 Å². The van der Waals surface area contributed by atoms with E-state index in [0.29, 0.717) is 55.8 Å². The molecule has 53 heavy (non-hydrogen) atoms. The van der Waals surface area contributed by atoms with Gasteiger partial charge in [-0.25, -0.2) is 9.59 Å². The number of carbonyl (C=O) groups excluding carboxylic acids is 2. The lowest BCUT2D eigenvalue weighted by atomic mass is 9.68. The van der Waals surface area contributed by atoms with Gasteiger partial charge in [-0.15, -0.1) is 0 Å². The first kappa shape index (κ1) is 42.3. The summed E-state index contributed by atoms with van der Waals surface area (Å²) in [4.78, 5) is 24.2. The Morgan fingerprint density at radius 1 is 0.774 bits per heavy atom. The summed E-state index contributed by atoms with van der Waals surface area (Å²) in [6.07, 6.45) is 13.8. The Morgan fingerprint density at radius 3 is 1.75 bits per heavy atom. The molecular formula is C46H66O7. The number of hydrogen-bond donors (Lipinski definition) is 2. The van der Waals surface area contributed by atoms with E-state index in [1.165, 1.54) is 68.1 Å². The van der Waals surface area contributed by atoms with Gasteiger partial charge in [-0.2, -0.15) is 0 Å². The van der Waals surface area contributed by atoms with Gasteiger partial charge in [0, 0.05) is 16.6 Å². The minimum Gasteiger partial charge on any atom is -0.493 e. The number of rotatable bonds is 19. The number of hydrogen-bond acceptors (Lipinski definition) is 7. The van der Waals surface area contributed by atoms with E-state index in [4.69, 9.17) is 14.2 Å². The van der Waals surface area contributed by atoms with E-state index in [-0.39, 0.29) is 26.4 Å². The van der Waals surface area contributed by atoms with Crippen molar-refractivity contribution in [1.82, 2.24) is 0 Å². The first-order valence-corrected chi connectivity index (χ1v) is 20.1. The maximum Gasteiger partial charge on any atom is 0.333 e. The van der Waals surface area contributed by atoms with Crippen LogP contribution >= 0.6 is 0 Å². The molecule has 2 aromatic carbocycles. The number of benzene rings is 2. The van der Waals surface area contributed by atoms with E-state index in [0.717, 1.165) is 40.2 Å². The highest BCUT2D eigenvalue weighted by Crippen LogP contribution is 2.44. The van der Waals surface area contributed by atoms with Crippen molar-refractivity contribution in [3.05, 3.63) is 76.9 Å². The zero-order valence-corrected chi connectivity index (χ0v) is 33.3. The largest absolute Gasteiger partial charge is 0.493 e. The molecule has 0 heterocycles. The van der Waals surface area contributed by atoms with Gasteiger partial charge in [0.25, 0.3) is 0 Å². The second-order valence-corrected chi connectivity index (χ2v) is 16.6. The third-order valence-electron chi connectivity index (χ3n) is 11.8. The van der Waals surface area contributed by atoms with Gasteiger partial charge in [0.05, 0.1) is 33.0 Å². The molecule has 0 saturated heterocycles. The number of aryl methyl sites for hydroxylation is 3. The fourth-order valence-corrected chi connectivity index (χ4v) is 8.12. The van der Waals surface area contributed by atoms with Crippen LogP contribution < -0.4 is 4.74 Å². The summed E-state index contributed by atoms with van der Waals surface area (Å²) in [6.45, 7) is 17.6. The Morgan fingerprint density at radius 2 is 1.28 bits per heavy atom. The topological polar surface area (TPSA) is 102 Å². The first-order valence-electron chi connectivity index (χ1n) is 20.1. The predicted octanol–water partition coefficient (Wildman–Crippen LogP) is 9.63. The Balaban J connectivity index is 1.59. The molecule has 2 fully saturated rings. The third-order valence-corrected chi connectivity index (χ3v) is 11.8. The highest BCUT2D eigenvalue weighted by molar-refractivity contribution is 5.87. The fraction of sp³-hybridized carbons (Fsp3) is 0.609. The zero-order valence-electron chi connectivity index (χ0n) is 33.3. The summed E-state index contributed by atoms with van der Waals surface area (Å²) < 4.78 is 17.4. The van der Waals surface area contributed by atoms with Crippen LogP contribution in [0.2, 0.25) is 0 Å². The van der Waals surface area contributed by atoms with E-state index in [9.17, 15) is 19.8 Å². The van der Waals surface area contributed by atoms with Crippen LogP contribution in [0.25, 0.3) is 11.1 Å². The second-order valence-electron chi connectivity index (χ2n) is 16.6. The van der Waals surface area contributed by atoms with Crippen LogP contribution in [0.15, 0.2) is 54.6 Å². The standard InChI is InChI=1S/C46H66O7/c1-31(2)44(49)52-23-8-10-39-27-41(28-40(11-9-24-53-45(50)32(3)4)43(39)51-25-22-46(7,29-47)30-48)42-21-20-38(26-34(42)6)37-18-16-36(17-19-37)35-14-12-33(5)13-15-35/h20-21,26-28,33,35-37,47-48H,1,3,8-19,22-25,29-30H2,2,4-7H3. The minimum atomic E-state index is -0.666. The smallest absolute Gasteiger partial charge is 0.333 e. The molecular weight excluding hydrogens is 664 g/mol. The summed E-state index contributed by atoms with van der Waals surface area (Å²) in [5.41, 5.74) is 7.01. The summed E-state index contributed by atoms with van der Waals surface area (Å²) in [5, 5.41) is 19.8. The van der Waals surface area contributed by atoms with E-state index in [1.54, 1.807) is 13.8 Å². The second kappa shape index (κ2) is 20.3. The van der Waals surface area contributed by atoms with Crippen molar-refractivity contribution in [3.8, 4) is 16.9 Å². The lowest BCUT2D eigenvalue weighted by Crippen LogP contribution is -2.28. The number of aliphatic hydroxyl groups is 2. The van der Waals surface area contributed by atoms with E-state index in [2.05, 4.69) is 57.3 Å². The number of esters is 2. The quantitative estimate of drug-likeness (QED) is 0.0843. The normalized spacial score (nSPS) is 20.4. The van der Waals surface area contributed by atoms with Gasteiger partial charge in [0.15, 0.2) is 0 Å². The van der Waals surface area contributed by atoms with Crippen LogP contribution in [0.5, 0.6) is 5.75 Å². The van der Waals surface area contributed by atoms with Gasteiger partial charge in [-0.3, -0.25) is 0 Å². The fourth-order valence-electron chi connectivity index (χ4n) is 8.12. The Bertz CT molecular complexity index is 1480. The molecule has 0 aliphatic heterocycles. The van der Waals surface area contributed by atoms with Crippen LogP contribution in [-0.2, 0) is 31.9 Å². The Hall–Kier alpha value is -3.42. The molecule has 2 saturated carbocycles. The van der Waals surface area contributed by atoms with E-state index in [1.807, 2.05) is 6.92 Å². The molecule has 7 nitrogen and oxygen atoms in total. The molecule has 2 aromatic rings. The maximum absolute atomic E-state index is 12.1. The molecule has 0 spiro atoms. The highest BCUT2D eigenvalue weighted by Gasteiger charge is 2.31. The molecule has 2 N–H and O–H groups in total. The number of carbonyl (C=O) groups is 2. The van der Waals surface area contributed by atoms with Gasteiger partial charge < -0.3 is 24.4 Å². The maximum atomic E-state index is 12.1. The molecule has 0 unspecified atom stereocenters. The van der Waals surface area contributed by atoms with Crippen molar-refractivity contribution in [2.24, 2.45) is 23.2 Å². The van der Waals surface area contributed by atoms with Crippen LogP contribution in [0, 0.1) is 30.1 Å². The van der Waals surface area contributed by atoms with Crippen molar-refractivity contribution >= 4 is 11.9 Å². The summed E-state index contributed by atoms with van der Waals surface area (Å²) in [6, 6.07) is 11.4. The summed E-state index contributed by atoms with van der Waals surface area (Å²) in [7, 11) is 0. The Kier molecular flexibility index (Phi) is 16.2. The van der Waals surface area contributed by atoms with Gasteiger partial charge in [-0.05, 0) is 161 Å². The molecule has 0 radical (unpaired) electrons. The zero-order chi connectivity index (χ0) is 38.5. The average Bonchev–Trinajstić information content (AvgIpc) is 3.15. The lowest BCUT2D eigenvalue weighted by Gasteiger charge is -2.37. The van der Waals surface area contributed by atoms with E-state index >= 15 is 0 Å². The molecule has 0 aromatic heterocycles. The van der Waals surface area contributed by atoms with Crippen molar-refractivity contribution < 1.29 is 34.0 Å². The number of aliphatic hydroxyl groups excluding tert-OH is 2. The van der Waals surface area contributed by atoms with Gasteiger partial charge in [0.2, 0.25) is 0 Å². The van der Waals surface area contributed by atoms with Gasteiger partial charge >= 0.3 is 11.9 Å². The summed E-state index contributed by atoms with van der Waals surface area (Å²) in [5.74, 6) is 3.28. The molecule has 2 aliphatic carbocycles. The molecule has 2 aliphatic rings. The average molecular weight is 731 g/mol. The number of ether oxygens (including phenoxy) is 3. The Labute approximate surface area is 319 Å². The molecule has 292 valence electrons. The van der Waals surface area contributed by atoms with Crippen LogP contribution in [0.4, 0.5) is 0 Å². The van der Waals surface area contributed by atoms with Crippen LogP contribution in [0.1, 0.15) is 126 Å². The molecule has 0 atom stereocenters. The van der Waals surface area contributed by atoms with Crippen molar-refractivity contribution in [1.29, 1.82) is 0 Å². The third kappa shape index (κ3) is 12.3. The molecule has 7 heteroatoms. The monoisotopic (exact) mass is 730 g/mol. The SMILES string of the molecule is C=C(C)C(=O)OCCCc1cc(-c2ccc(C3CCC(C4CCC(C)CC4)CC3)cc2C)cc(CCCOC(=O)C(=C)C)c1OCCC(C)(CO)CO. The highest BCUT2D eigenvalue weighted by atomic mass is 16.5. The minimum absolute atomic E-state index is 0.149. The molecule has 4 rings (SSSR count). The van der Waals surface area contributed by atoms with E-state index < -0.39 is 17.4 Å². The van der Waals surface area contributed by atoms with Crippen LogP contribution in [0.3, 0.4) is 0 Å². The van der Waals surface area contributed by atoms with Crippen molar-refractivity contribution in [3.63, 3.8) is 0 Å². The van der Waals surface area contributed by atoms with Crippen molar-refractivity contribution in [2.75, 3.05) is 33.0 Å². The predicted molar refractivity (Wildman–Crippen MR) is 213 cm³/mol. The molecule has 0 amide bonds. The van der Waals surface area contributed by atoms with Gasteiger partial charge in [0.1, 0.15) is 5.75 Å². The van der Waals surface area contributed by atoms with Crippen molar-refractivity contribution in [2.45, 2.75) is 124 Å². The lowest BCUT2D eigenvalue weighted by molar-refractivity contribution is -0.139.